The van der Waals surface area contributed by atoms with Gasteiger partial charge in [0.1, 0.15) is 5.75 Å². The van der Waals surface area contributed by atoms with E-state index in [-0.39, 0.29) is 0 Å². The lowest BCUT2D eigenvalue weighted by molar-refractivity contribution is 0.1000. The minimum Gasteiger partial charge on any atom is -0.438 e. The molecule has 1 amide bonds. The Hall–Kier alpha value is -1.88. The summed E-state index contributed by atoms with van der Waals surface area (Å²) in [5.74, 6) is 0.772. The summed E-state index contributed by atoms with van der Waals surface area (Å²) >= 11 is 3.40. The second-order valence-electron chi connectivity index (χ2n) is 4.68. The van der Waals surface area contributed by atoms with Crippen LogP contribution in [0.3, 0.4) is 0 Å². The Morgan fingerprint density at radius 2 is 1.75 bits per heavy atom. The minimum absolute atomic E-state index is 0.444. The van der Waals surface area contributed by atoms with E-state index in [2.05, 4.69) is 20.9 Å². The topological polar surface area (TPSA) is 65.2 Å². The van der Waals surface area contributed by atoms with E-state index in [1.54, 1.807) is 18.3 Å². The third kappa shape index (κ3) is 2.99. The molecule has 2 rings (SSSR count). The van der Waals surface area contributed by atoms with Crippen LogP contribution in [0.5, 0.6) is 11.6 Å². The zero-order valence-corrected chi connectivity index (χ0v) is 13.1. The molecule has 0 aliphatic carbocycles. The first-order valence-electron chi connectivity index (χ1n) is 6.09. The molecule has 0 fully saturated rings. The summed E-state index contributed by atoms with van der Waals surface area (Å²) in [5.41, 5.74) is 8.51. The Kier molecular flexibility index (Phi) is 4.09. The molecule has 0 aliphatic rings. The zero-order chi connectivity index (χ0) is 14.9. The molecule has 0 atom stereocenters. The number of pyridine rings is 1. The van der Waals surface area contributed by atoms with Gasteiger partial charge in [0.15, 0.2) is 0 Å². The molecule has 0 radical (unpaired) electrons. The van der Waals surface area contributed by atoms with Crippen LogP contribution in [0.4, 0.5) is 0 Å². The minimum atomic E-state index is -0.444. The number of hydrogen-bond donors (Lipinski definition) is 1. The fourth-order valence-electron chi connectivity index (χ4n) is 1.93. The summed E-state index contributed by atoms with van der Waals surface area (Å²) in [7, 11) is 0. The second-order valence-corrected chi connectivity index (χ2v) is 5.53. The molecule has 0 unspecified atom stereocenters. The molecule has 0 saturated carbocycles. The van der Waals surface area contributed by atoms with Gasteiger partial charge in [0.2, 0.25) is 11.8 Å². The monoisotopic (exact) mass is 334 g/mol. The van der Waals surface area contributed by atoms with Gasteiger partial charge in [-0.05, 0) is 65.5 Å². The van der Waals surface area contributed by atoms with Gasteiger partial charge in [-0.2, -0.15) is 0 Å². The molecular weight excluding hydrogens is 320 g/mol. The van der Waals surface area contributed by atoms with E-state index in [1.807, 2.05) is 26.8 Å². The van der Waals surface area contributed by atoms with Crippen LogP contribution < -0.4 is 10.5 Å². The van der Waals surface area contributed by atoms with Gasteiger partial charge in [0, 0.05) is 22.3 Å². The third-order valence-electron chi connectivity index (χ3n) is 2.97. The number of aryl methyl sites for hydroxylation is 3. The third-order valence-corrected chi connectivity index (χ3v) is 3.80. The van der Waals surface area contributed by atoms with Crippen LogP contribution in [0.15, 0.2) is 28.9 Å². The first-order valence-corrected chi connectivity index (χ1v) is 6.89. The lowest BCUT2D eigenvalue weighted by atomic mass is 10.1. The van der Waals surface area contributed by atoms with Crippen molar-refractivity contribution in [2.75, 3.05) is 0 Å². The van der Waals surface area contributed by atoms with Crippen molar-refractivity contribution >= 4 is 21.8 Å². The van der Waals surface area contributed by atoms with Crippen molar-refractivity contribution in [1.29, 1.82) is 0 Å². The first-order chi connectivity index (χ1) is 9.38. The average Bonchev–Trinajstić information content (AvgIpc) is 2.37. The predicted molar refractivity (Wildman–Crippen MR) is 81.2 cm³/mol. The lowest BCUT2D eigenvalue weighted by Gasteiger charge is -2.12. The van der Waals surface area contributed by atoms with Crippen LogP contribution in [0.25, 0.3) is 0 Å². The molecule has 1 heterocycles. The van der Waals surface area contributed by atoms with E-state index in [4.69, 9.17) is 10.5 Å². The van der Waals surface area contributed by atoms with Crippen molar-refractivity contribution in [1.82, 2.24) is 4.98 Å². The van der Waals surface area contributed by atoms with Crippen LogP contribution >= 0.6 is 15.9 Å². The highest BCUT2D eigenvalue weighted by Crippen LogP contribution is 2.30. The van der Waals surface area contributed by atoms with E-state index in [1.165, 1.54) is 0 Å². The number of hydrogen-bond acceptors (Lipinski definition) is 3. The number of benzene rings is 1. The molecule has 1 aromatic carbocycles. The van der Waals surface area contributed by atoms with Crippen LogP contribution in [0.2, 0.25) is 0 Å². The number of aromatic nitrogens is 1. The maximum Gasteiger partial charge on any atom is 0.248 e. The molecule has 104 valence electrons. The van der Waals surface area contributed by atoms with Gasteiger partial charge < -0.3 is 10.5 Å². The maximum atomic E-state index is 11.2. The standard InChI is InChI=1S/C15H15BrN2O2/c1-8-6-13(18-7-12(8)16)20-14-9(2)4-11(15(17)19)5-10(14)3/h4-7H,1-3H3,(H2,17,19). The lowest BCUT2D eigenvalue weighted by Crippen LogP contribution is -2.11. The van der Waals surface area contributed by atoms with Crippen molar-refractivity contribution in [3.05, 3.63) is 51.1 Å². The molecule has 0 aliphatic heterocycles. The Balaban J connectivity index is 2.38. The van der Waals surface area contributed by atoms with Crippen LogP contribution in [0.1, 0.15) is 27.0 Å². The molecule has 0 spiro atoms. The fourth-order valence-corrected chi connectivity index (χ4v) is 2.14. The summed E-state index contributed by atoms with van der Waals surface area (Å²) in [6, 6.07) is 5.29. The number of nitrogens with zero attached hydrogens (tertiary/aromatic N) is 1. The molecule has 1 aromatic heterocycles. The smallest absolute Gasteiger partial charge is 0.248 e. The number of halogens is 1. The Bertz CT molecular complexity index is 661. The number of ether oxygens (including phenoxy) is 1. The van der Waals surface area contributed by atoms with Gasteiger partial charge in [-0.25, -0.2) is 4.98 Å². The van der Waals surface area contributed by atoms with E-state index < -0.39 is 5.91 Å². The highest BCUT2D eigenvalue weighted by molar-refractivity contribution is 9.10. The van der Waals surface area contributed by atoms with E-state index >= 15 is 0 Å². The van der Waals surface area contributed by atoms with Gasteiger partial charge in [-0.3, -0.25) is 4.79 Å². The number of carbonyl (C=O) groups excluding carboxylic acids is 1. The van der Waals surface area contributed by atoms with Gasteiger partial charge >= 0.3 is 0 Å². The molecule has 5 heteroatoms. The molecule has 2 N–H and O–H groups in total. The van der Waals surface area contributed by atoms with Gasteiger partial charge in [-0.15, -0.1) is 0 Å². The SMILES string of the molecule is Cc1cc(Oc2c(C)cc(C(N)=O)cc2C)ncc1Br. The number of carbonyl (C=O) groups is 1. The van der Waals surface area contributed by atoms with E-state index in [0.717, 1.165) is 21.2 Å². The van der Waals surface area contributed by atoms with Crippen LogP contribution in [-0.2, 0) is 0 Å². The average molecular weight is 335 g/mol. The number of rotatable bonds is 3. The summed E-state index contributed by atoms with van der Waals surface area (Å²) < 4.78 is 6.76. The van der Waals surface area contributed by atoms with Crippen molar-refractivity contribution in [3.8, 4) is 11.6 Å². The van der Waals surface area contributed by atoms with E-state index in [0.29, 0.717) is 17.2 Å². The Morgan fingerprint density at radius 3 is 2.25 bits per heavy atom. The van der Waals surface area contributed by atoms with Crippen molar-refractivity contribution in [2.45, 2.75) is 20.8 Å². The quantitative estimate of drug-likeness (QED) is 0.931. The maximum absolute atomic E-state index is 11.2. The molecule has 2 aromatic rings. The number of amides is 1. The van der Waals surface area contributed by atoms with Crippen molar-refractivity contribution < 1.29 is 9.53 Å². The Morgan fingerprint density at radius 1 is 1.15 bits per heavy atom. The van der Waals surface area contributed by atoms with E-state index in [9.17, 15) is 4.79 Å². The number of nitrogens with two attached hydrogens (primary N) is 1. The molecule has 0 saturated heterocycles. The molecular formula is C15H15BrN2O2. The largest absolute Gasteiger partial charge is 0.438 e. The van der Waals surface area contributed by atoms with Gasteiger partial charge in [-0.1, -0.05) is 0 Å². The van der Waals surface area contributed by atoms with Gasteiger partial charge in [0.05, 0.1) is 0 Å². The summed E-state index contributed by atoms with van der Waals surface area (Å²) in [4.78, 5) is 15.4. The normalized spacial score (nSPS) is 10.4. The summed E-state index contributed by atoms with van der Waals surface area (Å²) in [6.45, 7) is 5.72. The fraction of sp³-hybridized carbons (Fsp3) is 0.200. The predicted octanol–water partition coefficient (Wildman–Crippen LogP) is 3.66. The second kappa shape index (κ2) is 5.63. The highest BCUT2D eigenvalue weighted by atomic mass is 79.9. The van der Waals surface area contributed by atoms with Crippen LogP contribution in [0, 0.1) is 20.8 Å². The van der Waals surface area contributed by atoms with Gasteiger partial charge in [0.25, 0.3) is 0 Å². The van der Waals surface area contributed by atoms with Crippen LogP contribution in [-0.4, -0.2) is 10.9 Å². The molecule has 20 heavy (non-hydrogen) atoms. The molecule has 0 bridgehead atoms. The Labute approximate surface area is 126 Å². The van der Waals surface area contributed by atoms with Crippen molar-refractivity contribution in [3.63, 3.8) is 0 Å². The first kappa shape index (κ1) is 14.5. The number of primary amides is 1. The highest BCUT2D eigenvalue weighted by Gasteiger charge is 2.11. The summed E-state index contributed by atoms with van der Waals surface area (Å²) in [5, 5.41) is 0. The summed E-state index contributed by atoms with van der Waals surface area (Å²) in [6.07, 6.45) is 1.70. The molecule has 4 nitrogen and oxygen atoms in total. The van der Waals surface area contributed by atoms with Crippen molar-refractivity contribution in [2.24, 2.45) is 5.73 Å². The zero-order valence-electron chi connectivity index (χ0n) is 11.5.